The molecule has 1 saturated carbocycles. The molecule has 2 unspecified atom stereocenters. The van der Waals surface area contributed by atoms with Gasteiger partial charge in [0.2, 0.25) is 0 Å². The van der Waals surface area contributed by atoms with Gasteiger partial charge < -0.3 is 4.98 Å². The van der Waals surface area contributed by atoms with Crippen molar-refractivity contribution in [1.82, 2.24) is 19.7 Å². The van der Waals surface area contributed by atoms with Crippen molar-refractivity contribution in [3.8, 4) is 5.69 Å². The number of nitrogens with one attached hydrogen (secondary N) is 1. The van der Waals surface area contributed by atoms with Gasteiger partial charge in [-0.1, -0.05) is 24.1 Å². The molecule has 4 nitrogen and oxygen atoms in total. The molecule has 0 bridgehead atoms. The number of halogens is 1. The lowest BCUT2D eigenvalue weighted by molar-refractivity contribution is 0.276. The van der Waals surface area contributed by atoms with E-state index in [1.165, 1.54) is 29.7 Å². The standard InChI is InChI=1S/C26H27FN4/c1-16-14-28-25(30-16)22-4-3-5-23-21(22)11-6-18-12-24-17(13-26(18,23)2)15-29-31(24)20-9-7-19(27)8-10-20/h5,7-10,12,14-15,21-22H,3-4,6,11,13H2,1-2H3,(H,28,30)/t21?,22?,26-/m0/s1. The number of hydrogen-bond acceptors (Lipinski definition) is 2. The number of nitrogens with zero attached hydrogens (tertiary/aromatic N) is 3. The van der Waals surface area contributed by atoms with E-state index in [4.69, 9.17) is 4.98 Å². The number of imidazole rings is 1. The van der Waals surface area contributed by atoms with Crippen LogP contribution in [-0.4, -0.2) is 19.7 Å². The molecule has 3 aliphatic carbocycles. The molecule has 2 heterocycles. The van der Waals surface area contributed by atoms with Crippen molar-refractivity contribution in [3.05, 3.63) is 82.5 Å². The summed E-state index contributed by atoms with van der Waals surface area (Å²) in [5.74, 6) is 1.97. The minimum atomic E-state index is -0.223. The molecule has 0 saturated heterocycles. The zero-order valence-electron chi connectivity index (χ0n) is 18.0. The van der Waals surface area contributed by atoms with E-state index in [0.29, 0.717) is 11.8 Å². The average Bonchev–Trinajstić information content (AvgIpc) is 3.38. The molecule has 3 aromatic rings. The second kappa shape index (κ2) is 6.78. The summed E-state index contributed by atoms with van der Waals surface area (Å²) >= 11 is 0. The van der Waals surface area contributed by atoms with E-state index in [1.54, 1.807) is 17.7 Å². The van der Waals surface area contributed by atoms with E-state index in [9.17, 15) is 4.39 Å². The zero-order chi connectivity index (χ0) is 21.2. The first-order valence-electron chi connectivity index (χ1n) is 11.3. The molecule has 1 N–H and O–H groups in total. The van der Waals surface area contributed by atoms with Crippen LogP contribution in [0.1, 0.15) is 61.3 Å². The first-order valence-corrected chi connectivity index (χ1v) is 11.3. The van der Waals surface area contributed by atoms with E-state index in [-0.39, 0.29) is 11.2 Å². The number of benzene rings is 1. The van der Waals surface area contributed by atoms with Gasteiger partial charge in [-0.05, 0) is 80.9 Å². The highest BCUT2D eigenvalue weighted by Gasteiger charge is 2.47. The first kappa shape index (κ1) is 18.8. The smallest absolute Gasteiger partial charge is 0.123 e. The van der Waals surface area contributed by atoms with Gasteiger partial charge >= 0.3 is 0 Å². The number of allylic oxidation sites excluding steroid dienone is 3. The van der Waals surface area contributed by atoms with E-state index >= 15 is 0 Å². The average molecular weight is 415 g/mol. The van der Waals surface area contributed by atoms with Crippen LogP contribution < -0.4 is 0 Å². The molecule has 3 atom stereocenters. The highest BCUT2D eigenvalue weighted by Crippen LogP contribution is 2.57. The quantitative estimate of drug-likeness (QED) is 0.531. The maximum Gasteiger partial charge on any atom is 0.123 e. The summed E-state index contributed by atoms with van der Waals surface area (Å²) in [6.45, 7) is 4.51. The second-order valence-corrected chi connectivity index (χ2v) is 9.56. The van der Waals surface area contributed by atoms with Gasteiger partial charge in [-0.2, -0.15) is 5.10 Å². The van der Waals surface area contributed by atoms with E-state index in [0.717, 1.165) is 48.6 Å². The van der Waals surface area contributed by atoms with Crippen LogP contribution in [0.3, 0.4) is 0 Å². The minimum Gasteiger partial charge on any atom is -0.346 e. The van der Waals surface area contributed by atoms with Gasteiger partial charge in [0.05, 0.1) is 17.6 Å². The molecule has 6 rings (SSSR count). The fraction of sp³-hybridized carbons (Fsp3) is 0.385. The Bertz CT molecular complexity index is 1210. The fourth-order valence-electron chi connectivity index (χ4n) is 6.16. The van der Waals surface area contributed by atoms with Gasteiger partial charge in [-0.15, -0.1) is 0 Å². The van der Waals surface area contributed by atoms with Crippen LogP contribution in [0.2, 0.25) is 0 Å². The predicted octanol–water partition coefficient (Wildman–Crippen LogP) is 5.90. The summed E-state index contributed by atoms with van der Waals surface area (Å²) in [5, 5.41) is 4.67. The first-order chi connectivity index (χ1) is 15.0. The highest BCUT2D eigenvalue weighted by molar-refractivity contribution is 5.63. The Labute approximate surface area is 181 Å². The maximum absolute atomic E-state index is 13.4. The number of aromatic nitrogens is 4. The Kier molecular flexibility index (Phi) is 4.11. The van der Waals surface area contributed by atoms with Crippen molar-refractivity contribution in [2.45, 2.75) is 51.9 Å². The molecular formula is C26H27FN4. The van der Waals surface area contributed by atoms with Crippen LogP contribution in [0.5, 0.6) is 0 Å². The van der Waals surface area contributed by atoms with Crippen molar-refractivity contribution in [1.29, 1.82) is 0 Å². The van der Waals surface area contributed by atoms with Crippen LogP contribution in [0.4, 0.5) is 4.39 Å². The minimum absolute atomic E-state index is 0.0485. The predicted molar refractivity (Wildman–Crippen MR) is 119 cm³/mol. The molecule has 31 heavy (non-hydrogen) atoms. The van der Waals surface area contributed by atoms with E-state index < -0.39 is 0 Å². The fourth-order valence-corrected chi connectivity index (χ4v) is 6.16. The SMILES string of the molecule is Cc1cnc(C2CCC=C3C2CCC2=Cc4c(cnn4-c4ccc(F)cc4)C[C@@]23C)[nH]1. The molecule has 2 aromatic heterocycles. The third kappa shape index (κ3) is 2.86. The normalized spacial score (nSPS) is 27.1. The lowest BCUT2D eigenvalue weighted by Crippen LogP contribution is -2.39. The summed E-state index contributed by atoms with van der Waals surface area (Å²) in [6.07, 6.45) is 14.3. The van der Waals surface area contributed by atoms with Gasteiger partial charge in [-0.25, -0.2) is 14.1 Å². The van der Waals surface area contributed by atoms with Gasteiger partial charge in [0.1, 0.15) is 11.6 Å². The molecule has 5 heteroatoms. The molecule has 0 radical (unpaired) electrons. The van der Waals surface area contributed by atoms with Crippen molar-refractivity contribution >= 4 is 6.08 Å². The number of hydrogen-bond donors (Lipinski definition) is 1. The summed E-state index contributed by atoms with van der Waals surface area (Å²) in [6, 6.07) is 6.59. The van der Waals surface area contributed by atoms with Crippen molar-refractivity contribution < 1.29 is 4.39 Å². The Morgan fingerprint density at radius 2 is 1.97 bits per heavy atom. The lowest BCUT2D eigenvalue weighted by atomic mass is 9.55. The summed E-state index contributed by atoms with van der Waals surface area (Å²) in [7, 11) is 0. The number of rotatable bonds is 2. The Hall–Kier alpha value is -2.95. The molecule has 158 valence electrons. The Morgan fingerprint density at radius 3 is 2.74 bits per heavy atom. The van der Waals surface area contributed by atoms with Crippen LogP contribution in [0.15, 0.2) is 53.9 Å². The third-order valence-electron chi connectivity index (χ3n) is 7.68. The third-order valence-corrected chi connectivity index (χ3v) is 7.68. The maximum atomic E-state index is 13.4. The number of H-pyrrole nitrogens is 1. The lowest BCUT2D eigenvalue weighted by Gasteiger charge is -2.49. The Morgan fingerprint density at radius 1 is 1.13 bits per heavy atom. The van der Waals surface area contributed by atoms with E-state index in [2.05, 4.69) is 36.1 Å². The molecular weight excluding hydrogens is 387 g/mol. The summed E-state index contributed by atoms with van der Waals surface area (Å²) in [5.41, 5.74) is 7.61. The molecule has 3 aliphatic rings. The van der Waals surface area contributed by atoms with Gasteiger partial charge in [0, 0.05) is 23.2 Å². The molecule has 0 spiro atoms. The largest absolute Gasteiger partial charge is 0.346 e. The highest BCUT2D eigenvalue weighted by atomic mass is 19.1. The summed E-state index contributed by atoms with van der Waals surface area (Å²) < 4.78 is 15.4. The topological polar surface area (TPSA) is 46.5 Å². The number of fused-ring (bicyclic) bond motifs is 4. The van der Waals surface area contributed by atoms with Gasteiger partial charge in [-0.3, -0.25) is 0 Å². The van der Waals surface area contributed by atoms with Crippen LogP contribution in [0, 0.1) is 24.1 Å². The second-order valence-electron chi connectivity index (χ2n) is 9.56. The van der Waals surface area contributed by atoms with Crippen molar-refractivity contribution in [2.24, 2.45) is 11.3 Å². The Balaban J connectivity index is 1.38. The van der Waals surface area contributed by atoms with E-state index in [1.807, 2.05) is 17.1 Å². The number of aromatic amines is 1. The van der Waals surface area contributed by atoms with Crippen LogP contribution in [-0.2, 0) is 6.42 Å². The molecule has 0 amide bonds. The molecule has 1 aromatic carbocycles. The van der Waals surface area contributed by atoms with Crippen molar-refractivity contribution in [3.63, 3.8) is 0 Å². The van der Waals surface area contributed by atoms with Crippen molar-refractivity contribution in [2.75, 3.05) is 0 Å². The van der Waals surface area contributed by atoms with Gasteiger partial charge in [0.25, 0.3) is 0 Å². The summed E-state index contributed by atoms with van der Waals surface area (Å²) in [4.78, 5) is 8.21. The molecule has 1 fully saturated rings. The monoisotopic (exact) mass is 414 g/mol. The van der Waals surface area contributed by atoms with Crippen LogP contribution in [0.25, 0.3) is 11.8 Å². The van der Waals surface area contributed by atoms with Crippen LogP contribution >= 0.6 is 0 Å². The van der Waals surface area contributed by atoms with Gasteiger partial charge in [0.15, 0.2) is 0 Å². The number of aryl methyl sites for hydroxylation is 1. The zero-order valence-corrected chi connectivity index (χ0v) is 18.0. The molecule has 0 aliphatic heterocycles.